The molecule has 1 saturated heterocycles. The van der Waals surface area contributed by atoms with E-state index in [9.17, 15) is 9.59 Å². The van der Waals surface area contributed by atoms with Gasteiger partial charge in [0, 0.05) is 25.7 Å². The largest absolute Gasteiger partial charge is 0.481 e. The lowest BCUT2D eigenvalue weighted by molar-refractivity contribution is -0.138. The SMILES string of the molecule is CCC(CC)N(C)C(=O)N1CCCCC1CC(=O)O. The zero-order valence-electron chi connectivity index (χ0n) is 12.3. The molecular formula is C14H26N2O3. The van der Waals surface area contributed by atoms with Crippen molar-refractivity contribution in [1.82, 2.24) is 9.80 Å². The first-order valence-electron chi connectivity index (χ1n) is 7.26. The summed E-state index contributed by atoms with van der Waals surface area (Å²) < 4.78 is 0. The highest BCUT2D eigenvalue weighted by molar-refractivity contribution is 5.76. The Morgan fingerprint density at radius 1 is 1.32 bits per heavy atom. The Bertz CT molecular complexity index is 316. The van der Waals surface area contributed by atoms with E-state index in [-0.39, 0.29) is 24.5 Å². The van der Waals surface area contributed by atoms with Gasteiger partial charge in [-0.25, -0.2) is 4.79 Å². The minimum Gasteiger partial charge on any atom is -0.481 e. The predicted octanol–water partition coefficient (Wildman–Crippen LogP) is 2.56. The van der Waals surface area contributed by atoms with Crippen LogP contribution in [0.15, 0.2) is 0 Å². The smallest absolute Gasteiger partial charge is 0.320 e. The molecule has 0 saturated carbocycles. The normalized spacial score (nSPS) is 19.6. The van der Waals surface area contributed by atoms with Gasteiger partial charge in [0.1, 0.15) is 0 Å². The number of piperidine rings is 1. The van der Waals surface area contributed by atoms with Gasteiger partial charge in [0.2, 0.25) is 0 Å². The summed E-state index contributed by atoms with van der Waals surface area (Å²) in [7, 11) is 1.83. The first-order chi connectivity index (χ1) is 9.01. The Kier molecular flexibility index (Phi) is 6.12. The van der Waals surface area contributed by atoms with Gasteiger partial charge in [-0.3, -0.25) is 4.79 Å². The highest BCUT2D eigenvalue weighted by atomic mass is 16.4. The van der Waals surface area contributed by atoms with E-state index >= 15 is 0 Å². The maximum atomic E-state index is 12.5. The average Bonchev–Trinajstić information content (AvgIpc) is 2.39. The zero-order chi connectivity index (χ0) is 14.4. The van der Waals surface area contributed by atoms with Crippen LogP contribution in [0.5, 0.6) is 0 Å². The van der Waals surface area contributed by atoms with Gasteiger partial charge < -0.3 is 14.9 Å². The molecule has 1 atom stereocenters. The van der Waals surface area contributed by atoms with Crippen molar-refractivity contribution in [2.75, 3.05) is 13.6 Å². The molecule has 0 spiro atoms. The summed E-state index contributed by atoms with van der Waals surface area (Å²) in [6, 6.07) is 0.0788. The second-order valence-electron chi connectivity index (χ2n) is 5.30. The molecule has 0 bridgehead atoms. The van der Waals surface area contributed by atoms with E-state index in [0.717, 1.165) is 32.1 Å². The van der Waals surface area contributed by atoms with Gasteiger partial charge in [0.25, 0.3) is 0 Å². The third-order valence-corrected chi connectivity index (χ3v) is 4.08. The van der Waals surface area contributed by atoms with Crippen molar-refractivity contribution in [2.24, 2.45) is 0 Å². The number of amides is 2. The molecule has 5 nitrogen and oxygen atoms in total. The number of nitrogens with zero attached hydrogens (tertiary/aromatic N) is 2. The third-order valence-electron chi connectivity index (χ3n) is 4.08. The molecule has 1 aliphatic rings. The monoisotopic (exact) mass is 270 g/mol. The fraction of sp³-hybridized carbons (Fsp3) is 0.857. The van der Waals surface area contributed by atoms with Crippen LogP contribution in [-0.4, -0.2) is 52.6 Å². The van der Waals surface area contributed by atoms with Gasteiger partial charge in [-0.1, -0.05) is 13.8 Å². The summed E-state index contributed by atoms with van der Waals surface area (Å²) in [5.41, 5.74) is 0. The van der Waals surface area contributed by atoms with Crippen LogP contribution in [0.4, 0.5) is 4.79 Å². The predicted molar refractivity (Wildman–Crippen MR) is 74.1 cm³/mol. The number of rotatable bonds is 5. The third kappa shape index (κ3) is 4.11. The fourth-order valence-corrected chi connectivity index (χ4v) is 2.86. The minimum absolute atomic E-state index is 0.0142. The van der Waals surface area contributed by atoms with Crippen molar-refractivity contribution < 1.29 is 14.7 Å². The number of carbonyl (C=O) groups excluding carboxylic acids is 1. The topological polar surface area (TPSA) is 60.9 Å². The quantitative estimate of drug-likeness (QED) is 0.835. The highest BCUT2D eigenvalue weighted by Crippen LogP contribution is 2.22. The Labute approximate surface area is 115 Å². The second-order valence-corrected chi connectivity index (χ2v) is 5.30. The summed E-state index contributed by atoms with van der Waals surface area (Å²) in [6.07, 6.45) is 4.69. The molecule has 1 aliphatic heterocycles. The Hall–Kier alpha value is -1.26. The number of aliphatic carboxylic acids is 1. The van der Waals surface area contributed by atoms with Crippen LogP contribution in [-0.2, 0) is 4.79 Å². The minimum atomic E-state index is -0.824. The number of urea groups is 1. The van der Waals surface area contributed by atoms with Gasteiger partial charge >= 0.3 is 12.0 Å². The van der Waals surface area contributed by atoms with Crippen molar-refractivity contribution in [3.63, 3.8) is 0 Å². The van der Waals surface area contributed by atoms with Crippen LogP contribution >= 0.6 is 0 Å². The molecule has 2 amide bonds. The highest BCUT2D eigenvalue weighted by Gasteiger charge is 2.31. The lowest BCUT2D eigenvalue weighted by Gasteiger charge is -2.39. The Balaban J connectivity index is 2.73. The van der Waals surface area contributed by atoms with E-state index in [1.807, 2.05) is 7.05 Å². The van der Waals surface area contributed by atoms with Crippen molar-refractivity contribution in [2.45, 2.75) is 64.5 Å². The van der Waals surface area contributed by atoms with Crippen molar-refractivity contribution in [1.29, 1.82) is 0 Å². The lowest BCUT2D eigenvalue weighted by atomic mass is 9.99. The molecule has 1 rings (SSSR count). The molecule has 0 aromatic carbocycles. The number of carboxylic acid groups (broad SMARTS) is 1. The first-order valence-corrected chi connectivity index (χ1v) is 7.26. The van der Waals surface area contributed by atoms with Gasteiger partial charge in [-0.2, -0.15) is 0 Å². The summed E-state index contributed by atoms with van der Waals surface area (Å²) in [5.74, 6) is -0.824. The molecule has 19 heavy (non-hydrogen) atoms. The Morgan fingerprint density at radius 2 is 1.95 bits per heavy atom. The van der Waals surface area contributed by atoms with Crippen LogP contribution < -0.4 is 0 Å². The van der Waals surface area contributed by atoms with Crippen LogP contribution in [0.1, 0.15) is 52.4 Å². The van der Waals surface area contributed by atoms with E-state index in [2.05, 4.69) is 13.8 Å². The van der Waals surface area contributed by atoms with Crippen molar-refractivity contribution >= 4 is 12.0 Å². The molecule has 0 aromatic rings. The molecule has 1 unspecified atom stereocenters. The standard InChI is InChI=1S/C14H26N2O3/c1-4-11(5-2)15(3)14(19)16-9-7-6-8-12(16)10-13(17)18/h11-12H,4-10H2,1-3H3,(H,17,18). The van der Waals surface area contributed by atoms with Crippen LogP contribution in [0.25, 0.3) is 0 Å². The summed E-state index contributed by atoms with van der Waals surface area (Å²) >= 11 is 0. The van der Waals surface area contributed by atoms with E-state index < -0.39 is 5.97 Å². The number of hydrogen-bond acceptors (Lipinski definition) is 2. The molecule has 1 fully saturated rings. The summed E-state index contributed by atoms with van der Waals surface area (Å²) in [5, 5.41) is 8.95. The number of likely N-dealkylation sites (tertiary alicyclic amines) is 1. The van der Waals surface area contributed by atoms with Crippen molar-refractivity contribution in [3.05, 3.63) is 0 Å². The maximum Gasteiger partial charge on any atom is 0.320 e. The van der Waals surface area contributed by atoms with E-state index in [1.165, 1.54) is 0 Å². The maximum absolute atomic E-state index is 12.5. The molecule has 0 aliphatic carbocycles. The van der Waals surface area contributed by atoms with Crippen molar-refractivity contribution in [3.8, 4) is 0 Å². The molecule has 1 N–H and O–H groups in total. The first kappa shape index (κ1) is 15.8. The van der Waals surface area contributed by atoms with Crippen LogP contribution in [0, 0.1) is 0 Å². The zero-order valence-corrected chi connectivity index (χ0v) is 12.3. The number of hydrogen-bond donors (Lipinski definition) is 1. The summed E-state index contributed by atoms with van der Waals surface area (Å²) in [6.45, 7) is 4.83. The number of carbonyl (C=O) groups is 2. The average molecular weight is 270 g/mol. The molecule has 0 aromatic heterocycles. The van der Waals surface area contributed by atoms with Gasteiger partial charge in [-0.05, 0) is 32.1 Å². The Morgan fingerprint density at radius 3 is 2.47 bits per heavy atom. The second kappa shape index (κ2) is 7.36. The van der Waals surface area contributed by atoms with E-state index in [4.69, 9.17) is 5.11 Å². The molecule has 5 heteroatoms. The number of carboxylic acids is 1. The lowest BCUT2D eigenvalue weighted by Crippen LogP contribution is -2.52. The molecular weight excluding hydrogens is 244 g/mol. The van der Waals surface area contributed by atoms with E-state index in [0.29, 0.717) is 6.54 Å². The van der Waals surface area contributed by atoms with Gasteiger partial charge in [-0.15, -0.1) is 0 Å². The molecule has 1 heterocycles. The van der Waals surface area contributed by atoms with Gasteiger partial charge in [0.05, 0.1) is 6.42 Å². The van der Waals surface area contributed by atoms with Gasteiger partial charge in [0.15, 0.2) is 0 Å². The van der Waals surface area contributed by atoms with Crippen LogP contribution in [0.3, 0.4) is 0 Å². The van der Waals surface area contributed by atoms with Crippen LogP contribution in [0.2, 0.25) is 0 Å². The molecule has 110 valence electrons. The van der Waals surface area contributed by atoms with E-state index in [1.54, 1.807) is 9.80 Å². The summed E-state index contributed by atoms with van der Waals surface area (Å²) in [4.78, 5) is 26.9. The molecule has 0 radical (unpaired) electrons. The fourth-order valence-electron chi connectivity index (χ4n) is 2.86.